The third kappa shape index (κ3) is 5.11. The van der Waals surface area contributed by atoms with Gasteiger partial charge in [0, 0.05) is 39.8 Å². The second kappa shape index (κ2) is 9.20. The molecule has 1 N–H and O–H groups in total. The molecule has 0 spiro atoms. The van der Waals surface area contributed by atoms with Crippen molar-refractivity contribution >= 4 is 34.1 Å². The van der Waals surface area contributed by atoms with E-state index in [0.717, 1.165) is 38.7 Å². The third-order valence-electron chi connectivity index (χ3n) is 3.67. The van der Waals surface area contributed by atoms with E-state index in [-0.39, 0.29) is 0 Å². The topological polar surface area (TPSA) is 30.9 Å². The standard InChI is InChI=1S/C15H26N4S2/c1-16-15(17-7-3-4-12-20-2)19-10-8-18(9-11-19)14-6-5-13-21-14/h5-6,13H,3-4,7-12H2,1-2H3,(H,16,17). The van der Waals surface area contributed by atoms with Crippen molar-refractivity contribution in [3.05, 3.63) is 17.5 Å². The first-order valence-corrected chi connectivity index (χ1v) is 9.85. The van der Waals surface area contributed by atoms with Crippen molar-refractivity contribution in [1.82, 2.24) is 10.2 Å². The van der Waals surface area contributed by atoms with Gasteiger partial charge in [-0.15, -0.1) is 11.3 Å². The number of guanidine groups is 1. The fourth-order valence-electron chi connectivity index (χ4n) is 2.49. The van der Waals surface area contributed by atoms with E-state index in [4.69, 9.17) is 0 Å². The minimum atomic E-state index is 1.03. The van der Waals surface area contributed by atoms with Gasteiger partial charge in [-0.05, 0) is 42.4 Å². The van der Waals surface area contributed by atoms with E-state index >= 15 is 0 Å². The summed E-state index contributed by atoms with van der Waals surface area (Å²) in [4.78, 5) is 9.27. The summed E-state index contributed by atoms with van der Waals surface area (Å²) in [7, 11) is 1.88. The van der Waals surface area contributed by atoms with Gasteiger partial charge < -0.3 is 15.1 Å². The first kappa shape index (κ1) is 16.5. The fraction of sp³-hybridized carbons (Fsp3) is 0.667. The number of anilines is 1. The molecular weight excluding hydrogens is 300 g/mol. The number of nitrogens with one attached hydrogen (secondary N) is 1. The van der Waals surface area contributed by atoms with Gasteiger partial charge in [-0.25, -0.2) is 0 Å². The zero-order valence-electron chi connectivity index (χ0n) is 13.0. The van der Waals surface area contributed by atoms with Crippen LogP contribution in [0.4, 0.5) is 5.00 Å². The summed E-state index contributed by atoms with van der Waals surface area (Å²) in [5, 5.41) is 7.03. The maximum absolute atomic E-state index is 4.43. The van der Waals surface area contributed by atoms with Gasteiger partial charge in [0.15, 0.2) is 5.96 Å². The van der Waals surface area contributed by atoms with Crippen LogP contribution in [0.3, 0.4) is 0 Å². The van der Waals surface area contributed by atoms with Crippen LogP contribution in [-0.4, -0.2) is 62.6 Å². The summed E-state index contributed by atoms with van der Waals surface area (Å²) in [5.74, 6) is 2.31. The highest BCUT2D eigenvalue weighted by molar-refractivity contribution is 7.98. The van der Waals surface area contributed by atoms with Crippen LogP contribution >= 0.6 is 23.1 Å². The lowest BCUT2D eigenvalue weighted by Crippen LogP contribution is -2.52. The number of piperazine rings is 1. The van der Waals surface area contributed by atoms with Gasteiger partial charge in [-0.3, -0.25) is 4.99 Å². The molecule has 1 aromatic rings. The van der Waals surface area contributed by atoms with Crippen molar-refractivity contribution in [2.45, 2.75) is 12.8 Å². The van der Waals surface area contributed by atoms with Crippen molar-refractivity contribution in [2.75, 3.05) is 56.7 Å². The molecule has 2 rings (SSSR count). The van der Waals surface area contributed by atoms with Crippen LogP contribution in [0.1, 0.15) is 12.8 Å². The smallest absolute Gasteiger partial charge is 0.193 e. The van der Waals surface area contributed by atoms with Crippen LogP contribution in [0.25, 0.3) is 0 Å². The number of hydrogen-bond acceptors (Lipinski definition) is 4. The Morgan fingerprint density at radius 2 is 2.14 bits per heavy atom. The molecule has 1 aromatic heterocycles. The van der Waals surface area contributed by atoms with Crippen molar-refractivity contribution in [3.63, 3.8) is 0 Å². The highest BCUT2D eigenvalue weighted by Crippen LogP contribution is 2.22. The quantitative estimate of drug-likeness (QED) is 0.494. The van der Waals surface area contributed by atoms with Gasteiger partial charge in [0.05, 0.1) is 5.00 Å². The maximum Gasteiger partial charge on any atom is 0.193 e. The summed E-state index contributed by atoms with van der Waals surface area (Å²) in [6, 6.07) is 4.33. The van der Waals surface area contributed by atoms with Crippen LogP contribution in [0.2, 0.25) is 0 Å². The first-order chi connectivity index (χ1) is 10.3. The van der Waals surface area contributed by atoms with Gasteiger partial charge >= 0.3 is 0 Å². The zero-order valence-corrected chi connectivity index (χ0v) is 14.7. The van der Waals surface area contributed by atoms with Crippen molar-refractivity contribution < 1.29 is 0 Å². The van der Waals surface area contributed by atoms with Gasteiger partial charge in [0.25, 0.3) is 0 Å². The molecule has 0 aliphatic carbocycles. The van der Waals surface area contributed by atoms with Crippen molar-refractivity contribution in [3.8, 4) is 0 Å². The van der Waals surface area contributed by atoms with Gasteiger partial charge in [0.1, 0.15) is 0 Å². The van der Waals surface area contributed by atoms with E-state index < -0.39 is 0 Å². The Morgan fingerprint density at radius 3 is 2.76 bits per heavy atom. The minimum absolute atomic E-state index is 1.03. The molecule has 0 amide bonds. The Kier molecular flexibility index (Phi) is 7.23. The molecule has 1 fully saturated rings. The van der Waals surface area contributed by atoms with Crippen LogP contribution in [-0.2, 0) is 0 Å². The van der Waals surface area contributed by atoms with E-state index in [1.807, 2.05) is 30.1 Å². The summed E-state index contributed by atoms with van der Waals surface area (Å²) >= 11 is 3.75. The molecule has 0 atom stereocenters. The average Bonchev–Trinajstić information content (AvgIpc) is 3.06. The van der Waals surface area contributed by atoms with Crippen molar-refractivity contribution in [1.29, 1.82) is 0 Å². The lowest BCUT2D eigenvalue weighted by Gasteiger charge is -2.37. The number of aliphatic imine (C=N–C) groups is 1. The van der Waals surface area contributed by atoms with E-state index in [1.165, 1.54) is 23.6 Å². The molecule has 0 bridgehead atoms. The molecule has 21 heavy (non-hydrogen) atoms. The minimum Gasteiger partial charge on any atom is -0.360 e. The summed E-state index contributed by atoms with van der Waals surface area (Å²) in [5.41, 5.74) is 0. The van der Waals surface area contributed by atoms with E-state index in [0.29, 0.717) is 0 Å². The molecule has 4 nitrogen and oxygen atoms in total. The second-order valence-corrected chi connectivity index (χ2v) is 7.01. The SMILES string of the molecule is CN=C(NCCCCSC)N1CCN(c2cccs2)CC1. The molecule has 0 radical (unpaired) electrons. The van der Waals surface area contributed by atoms with E-state index in [2.05, 4.69) is 43.9 Å². The number of thiophene rings is 1. The van der Waals surface area contributed by atoms with Crippen LogP contribution in [0.5, 0.6) is 0 Å². The van der Waals surface area contributed by atoms with Gasteiger partial charge in [-0.1, -0.05) is 0 Å². The number of rotatable bonds is 6. The Labute approximate surface area is 136 Å². The lowest BCUT2D eigenvalue weighted by molar-refractivity contribution is 0.373. The largest absolute Gasteiger partial charge is 0.360 e. The van der Waals surface area contributed by atoms with Crippen LogP contribution in [0, 0.1) is 0 Å². The molecule has 1 aliphatic heterocycles. The van der Waals surface area contributed by atoms with Crippen LogP contribution < -0.4 is 10.2 Å². The molecule has 6 heteroatoms. The molecule has 1 aliphatic rings. The summed E-state index contributed by atoms with van der Waals surface area (Å²) in [6.07, 6.45) is 4.66. The fourth-order valence-corrected chi connectivity index (χ4v) is 3.77. The average molecular weight is 327 g/mol. The Bertz CT molecular complexity index is 411. The zero-order chi connectivity index (χ0) is 14.9. The van der Waals surface area contributed by atoms with E-state index in [1.54, 1.807) is 0 Å². The predicted octanol–water partition coefficient (Wildman–Crippen LogP) is 2.59. The Hall–Kier alpha value is -0.880. The highest BCUT2D eigenvalue weighted by Gasteiger charge is 2.19. The molecule has 0 saturated carbocycles. The monoisotopic (exact) mass is 326 g/mol. The predicted molar refractivity (Wildman–Crippen MR) is 97.1 cm³/mol. The Balaban J connectivity index is 1.72. The normalized spacial score (nSPS) is 16.4. The number of nitrogens with zero attached hydrogens (tertiary/aromatic N) is 3. The number of thioether (sulfide) groups is 1. The summed E-state index contributed by atoms with van der Waals surface area (Å²) < 4.78 is 0. The van der Waals surface area contributed by atoms with Gasteiger partial charge in [-0.2, -0.15) is 11.8 Å². The summed E-state index contributed by atoms with van der Waals surface area (Å²) in [6.45, 7) is 5.27. The lowest BCUT2D eigenvalue weighted by atomic mass is 10.3. The van der Waals surface area contributed by atoms with Gasteiger partial charge in [0.2, 0.25) is 0 Å². The molecule has 0 aromatic carbocycles. The van der Waals surface area contributed by atoms with Crippen LogP contribution in [0.15, 0.2) is 22.5 Å². The maximum atomic E-state index is 4.43. The molecule has 2 heterocycles. The number of hydrogen-bond donors (Lipinski definition) is 1. The first-order valence-electron chi connectivity index (χ1n) is 7.58. The molecular formula is C15H26N4S2. The Morgan fingerprint density at radius 1 is 1.33 bits per heavy atom. The molecule has 0 unspecified atom stereocenters. The molecule has 1 saturated heterocycles. The highest BCUT2D eigenvalue weighted by atomic mass is 32.2. The molecule has 118 valence electrons. The van der Waals surface area contributed by atoms with E-state index in [9.17, 15) is 0 Å². The third-order valence-corrected chi connectivity index (χ3v) is 5.29. The second-order valence-electron chi connectivity index (χ2n) is 5.10. The number of unbranched alkanes of at least 4 members (excludes halogenated alkanes) is 1. The van der Waals surface area contributed by atoms with Crippen molar-refractivity contribution in [2.24, 2.45) is 4.99 Å².